The molecule has 0 aliphatic carbocycles. The molecule has 0 spiro atoms. The smallest absolute Gasteiger partial charge is 0.258 e. The highest BCUT2D eigenvalue weighted by Crippen LogP contribution is 2.35. The van der Waals surface area contributed by atoms with Crippen LogP contribution in [0, 0.1) is 6.92 Å². The zero-order chi connectivity index (χ0) is 22.5. The molecular weight excluding hydrogens is 418 g/mol. The van der Waals surface area contributed by atoms with Crippen molar-refractivity contribution in [2.45, 2.75) is 26.0 Å². The number of aryl methyl sites for hydroxylation is 1. The Hall–Kier alpha value is -3.98. The van der Waals surface area contributed by atoms with Gasteiger partial charge in [0, 0.05) is 38.2 Å². The van der Waals surface area contributed by atoms with Gasteiger partial charge in [0.1, 0.15) is 6.04 Å². The summed E-state index contributed by atoms with van der Waals surface area (Å²) in [6.07, 6.45) is 7.86. The summed E-state index contributed by atoms with van der Waals surface area (Å²) in [4.78, 5) is 23.5. The number of nitrogens with zero attached hydrogens (tertiary/aromatic N) is 6. The van der Waals surface area contributed by atoms with Gasteiger partial charge in [-0.2, -0.15) is 10.2 Å². The number of carbonyl (C=O) groups is 1. The van der Waals surface area contributed by atoms with Gasteiger partial charge in [0.2, 0.25) is 0 Å². The van der Waals surface area contributed by atoms with Crippen LogP contribution in [0.3, 0.4) is 0 Å². The Morgan fingerprint density at radius 2 is 2.15 bits per heavy atom. The van der Waals surface area contributed by atoms with Crippen LogP contribution in [0.2, 0.25) is 0 Å². The van der Waals surface area contributed by atoms with Gasteiger partial charge in [-0.15, -0.1) is 0 Å². The summed E-state index contributed by atoms with van der Waals surface area (Å²) >= 11 is 0. The van der Waals surface area contributed by atoms with E-state index < -0.39 is 0 Å². The number of aromatic amines is 1. The van der Waals surface area contributed by atoms with E-state index in [-0.39, 0.29) is 11.9 Å². The zero-order valence-electron chi connectivity index (χ0n) is 18.4. The minimum Gasteiger partial charge on any atom is -0.380 e. The first-order valence-electron chi connectivity index (χ1n) is 10.9. The average molecular weight is 441 g/mol. The number of ether oxygens (including phenoxy) is 1. The SMILES string of the molecule is COCc1ccc2c(C(=O)N3CCc4[nH]cnc4C3c3cc4c(C)cccn4n3)cnn2c1. The lowest BCUT2D eigenvalue weighted by molar-refractivity contribution is 0.0689. The molecule has 0 aromatic carbocycles. The van der Waals surface area contributed by atoms with Crippen LogP contribution in [0.25, 0.3) is 11.0 Å². The maximum atomic E-state index is 13.9. The topological polar surface area (TPSA) is 92.8 Å². The number of nitrogens with one attached hydrogen (secondary N) is 1. The van der Waals surface area contributed by atoms with Crippen LogP contribution in [0.5, 0.6) is 0 Å². The Bertz CT molecular complexity index is 1500. The second-order valence-corrected chi connectivity index (χ2v) is 8.37. The number of pyridine rings is 2. The van der Waals surface area contributed by atoms with E-state index in [0.29, 0.717) is 25.1 Å². The highest BCUT2D eigenvalue weighted by Gasteiger charge is 2.37. The van der Waals surface area contributed by atoms with Crippen molar-refractivity contribution in [3.8, 4) is 0 Å². The number of hydrogen-bond donors (Lipinski definition) is 1. The van der Waals surface area contributed by atoms with Crippen molar-refractivity contribution in [1.29, 1.82) is 0 Å². The van der Waals surface area contributed by atoms with Crippen molar-refractivity contribution >= 4 is 16.9 Å². The van der Waals surface area contributed by atoms with E-state index in [1.165, 1.54) is 0 Å². The summed E-state index contributed by atoms with van der Waals surface area (Å²) in [6, 6.07) is 9.58. The van der Waals surface area contributed by atoms with Crippen LogP contribution in [0.15, 0.2) is 55.2 Å². The molecule has 1 N–H and O–H groups in total. The highest BCUT2D eigenvalue weighted by atomic mass is 16.5. The van der Waals surface area contributed by atoms with E-state index in [2.05, 4.69) is 34.1 Å². The summed E-state index contributed by atoms with van der Waals surface area (Å²) in [7, 11) is 1.66. The molecule has 5 aromatic rings. The summed E-state index contributed by atoms with van der Waals surface area (Å²) in [5.74, 6) is -0.0862. The first-order chi connectivity index (χ1) is 16.1. The Kier molecular flexibility index (Phi) is 4.51. The number of aromatic nitrogens is 6. The molecule has 6 rings (SSSR count). The van der Waals surface area contributed by atoms with Crippen molar-refractivity contribution in [2.75, 3.05) is 13.7 Å². The van der Waals surface area contributed by atoms with Gasteiger partial charge in [0.15, 0.2) is 0 Å². The fraction of sp³-hybridized carbons (Fsp3) is 0.250. The fourth-order valence-electron chi connectivity index (χ4n) is 4.70. The molecule has 1 unspecified atom stereocenters. The van der Waals surface area contributed by atoms with Gasteiger partial charge in [-0.05, 0) is 36.2 Å². The van der Waals surface area contributed by atoms with Crippen molar-refractivity contribution < 1.29 is 9.53 Å². The van der Waals surface area contributed by atoms with E-state index in [0.717, 1.165) is 39.2 Å². The zero-order valence-corrected chi connectivity index (χ0v) is 18.4. The number of fused-ring (bicyclic) bond motifs is 3. The third-order valence-corrected chi connectivity index (χ3v) is 6.32. The molecule has 0 fully saturated rings. The van der Waals surface area contributed by atoms with Gasteiger partial charge in [0.25, 0.3) is 5.91 Å². The molecule has 1 aliphatic heterocycles. The van der Waals surface area contributed by atoms with E-state index in [9.17, 15) is 4.79 Å². The van der Waals surface area contributed by atoms with Gasteiger partial charge < -0.3 is 14.6 Å². The molecule has 5 aromatic heterocycles. The molecule has 33 heavy (non-hydrogen) atoms. The number of amides is 1. The number of carbonyl (C=O) groups excluding carboxylic acids is 1. The van der Waals surface area contributed by atoms with Crippen molar-refractivity contribution in [3.63, 3.8) is 0 Å². The van der Waals surface area contributed by atoms with Gasteiger partial charge >= 0.3 is 0 Å². The van der Waals surface area contributed by atoms with Crippen molar-refractivity contribution in [2.24, 2.45) is 0 Å². The lowest BCUT2D eigenvalue weighted by atomic mass is 9.98. The van der Waals surface area contributed by atoms with Crippen LogP contribution in [-0.4, -0.2) is 53.7 Å². The fourth-order valence-corrected chi connectivity index (χ4v) is 4.70. The molecule has 0 radical (unpaired) electrons. The van der Waals surface area contributed by atoms with Crippen LogP contribution >= 0.6 is 0 Å². The second-order valence-electron chi connectivity index (χ2n) is 8.37. The molecule has 0 bridgehead atoms. The maximum Gasteiger partial charge on any atom is 0.258 e. The van der Waals surface area contributed by atoms with Crippen LogP contribution in [-0.2, 0) is 17.8 Å². The van der Waals surface area contributed by atoms with Gasteiger partial charge in [-0.25, -0.2) is 14.0 Å². The van der Waals surface area contributed by atoms with Crippen LogP contribution < -0.4 is 0 Å². The lowest BCUT2D eigenvalue weighted by Gasteiger charge is -2.33. The summed E-state index contributed by atoms with van der Waals surface area (Å²) in [6.45, 7) is 3.11. The largest absolute Gasteiger partial charge is 0.380 e. The minimum absolute atomic E-state index is 0.0862. The summed E-state index contributed by atoms with van der Waals surface area (Å²) < 4.78 is 8.81. The van der Waals surface area contributed by atoms with Gasteiger partial charge in [-0.3, -0.25) is 4.79 Å². The molecule has 0 saturated carbocycles. The first kappa shape index (κ1) is 19.7. The average Bonchev–Trinajstić information content (AvgIpc) is 3.56. The van der Waals surface area contributed by atoms with Crippen molar-refractivity contribution in [1.82, 2.24) is 34.1 Å². The third kappa shape index (κ3) is 3.12. The molecule has 0 saturated heterocycles. The van der Waals surface area contributed by atoms with Gasteiger partial charge in [-0.1, -0.05) is 12.1 Å². The maximum absolute atomic E-state index is 13.9. The van der Waals surface area contributed by atoms with Crippen LogP contribution in [0.4, 0.5) is 0 Å². The second kappa shape index (κ2) is 7.56. The number of imidazole rings is 1. The molecule has 6 heterocycles. The number of H-pyrrole nitrogens is 1. The Morgan fingerprint density at radius 1 is 1.24 bits per heavy atom. The third-order valence-electron chi connectivity index (χ3n) is 6.32. The Morgan fingerprint density at radius 3 is 3.00 bits per heavy atom. The minimum atomic E-state index is -0.380. The molecule has 1 amide bonds. The first-order valence-corrected chi connectivity index (χ1v) is 10.9. The molecule has 9 heteroatoms. The van der Waals surface area contributed by atoms with Crippen LogP contribution in [0.1, 0.15) is 44.6 Å². The number of hydrogen-bond acceptors (Lipinski definition) is 5. The molecule has 1 atom stereocenters. The normalized spacial score (nSPS) is 15.9. The Balaban J connectivity index is 1.44. The molecule has 166 valence electrons. The summed E-state index contributed by atoms with van der Waals surface area (Å²) in [5, 5.41) is 9.25. The van der Waals surface area contributed by atoms with E-state index in [1.807, 2.05) is 40.0 Å². The predicted octanol–water partition coefficient (Wildman–Crippen LogP) is 2.95. The van der Waals surface area contributed by atoms with E-state index in [4.69, 9.17) is 9.84 Å². The summed E-state index contributed by atoms with van der Waals surface area (Å²) in [5.41, 5.74) is 7.14. The lowest BCUT2D eigenvalue weighted by Crippen LogP contribution is -2.41. The highest BCUT2D eigenvalue weighted by molar-refractivity contribution is 6.01. The molecular formula is C24H23N7O2. The van der Waals surface area contributed by atoms with Crippen molar-refractivity contribution in [3.05, 3.63) is 89.0 Å². The number of rotatable bonds is 4. The van der Waals surface area contributed by atoms with E-state index >= 15 is 0 Å². The molecule has 1 aliphatic rings. The monoisotopic (exact) mass is 441 g/mol. The van der Waals surface area contributed by atoms with Gasteiger partial charge in [0.05, 0.1) is 47.1 Å². The molecule has 9 nitrogen and oxygen atoms in total. The Labute approximate surface area is 189 Å². The van der Waals surface area contributed by atoms with E-state index in [1.54, 1.807) is 24.1 Å². The number of methoxy groups -OCH3 is 1. The predicted molar refractivity (Wildman–Crippen MR) is 121 cm³/mol. The quantitative estimate of drug-likeness (QED) is 0.463. The standard InChI is InChI=1S/C24H23N7O2/c1-15-4-3-8-30-21(15)10-19(28-30)23-22-18(25-14-26-22)7-9-29(23)24(32)17-11-27-31-12-16(13-33-2)5-6-20(17)31/h3-6,8,10-12,14,23H,7,9,13H2,1-2H3,(H,25,26).